The molecule has 1 unspecified atom stereocenters. The van der Waals surface area contributed by atoms with Crippen LogP contribution >= 0.6 is 0 Å². The van der Waals surface area contributed by atoms with Gasteiger partial charge in [-0.1, -0.05) is 32.1 Å². The summed E-state index contributed by atoms with van der Waals surface area (Å²) in [4.78, 5) is 11.8. The minimum Gasteiger partial charge on any atom is -0.396 e. The van der Waals surface area contributed by atoms with E-state index in [1.807, 2.05) is 6.92 Å². The normalized spacial score (nSPS) is 19.7. The fourth-order valence-electron chi connectivity index (χ4n) is 2.52. The SMILES string of the molecule is CC(CCCO)NC(=O)NC1CCCCCCC1. The van der Waals surface area contributed by atoms with Gasteiger partial charge in [0, 0.05) is 18.7 Å². The topological polar surface area (TPSA) is 61.4 Å². The van der Waals surface area contributed by atoms with Crippen molar-refractivity contribution in [2.75, 3.05) is 6.61 Å². The second-order valence-corrected chi connectivity index (χ2v) is 5.43. The van der Waals surface area contributed by atoms with Crippen molar-refractivity contribution in [1.29, 1.82) is 0 Å². The van der Waals surface area contributed by atoms with E-state index < -0.39 is 0 Å². The standard InChI is InChI=1S/C14H28N2O2/c1-12(8-7-11-17)15-14(18)16-13-9-5-3-2-4-6-10-13/h12-13,17H,2-11H2,1H3,(H2,15,16,18). The van der Waals surface area contributed by atoms with Gasteiger partial charge in [-0.2, -0.15) is 0 Å². The number of hydrogen-bond donors (Lipinski definition) is 3. The largest absolute Gasteiger partial charge is 0.396 e. The van der Waals surface area contributed by atoms with Gasteiger partial charge in [-0.3, -0.25) is 0 Å². The number of rotatable bonds is 5. The number of amides is 2. The molecule has 0 aliphatic heterocycles. The summed E-state index contributed by atoms with van der Waals surface area (Å²) in [5.41, 5.74) is 0. The molecule has 0 aromatic rings. The monoisotopic (exact) mass is 256 g/mol. The quantitative estimate of drug-likeness (QED) is 0.708. The molecule has 0 aromatic heterocycles. The molecular formula is C14H28N2O2. The Hall–Kier alpha value is -0.770. The molecule has 106 valence electrons. The van der Waals surface area contributed by atoms with Gasteiger partial charge in [0.15, 0.2) is 0 Å². The Balaban J connectivity index is 2.20. The predicted octanol–water partition coefficient (Wildman–Crippen LogP) is 2.56. The van der Waals surface area contributed by atoms with Crippen molar-refractivity contribution in [3.63, 3.8) is 0 Å². The number of aliphatic hydroxyl groups excluding tert-OH is 1. The van der Waals surface area contributed by atoms with Crippen LogP contribution in [-0.2, 0) is 0 Å². The molecule has 1 saturated carbocycles. The molecule has 0 radical (unpaired) electrons. The Morgan fingerprint density at radius 3 is 2.44 bits per heavy atom. The molecule has 0 aromatic carbocycles. The number of urea groups is 1. The first-order chi connectivity index (χ1) is 8.72. The molecule has 0 heterocycles. The van der Waals surface area contributed by atoms with Gasteiger partial charge in [0.1, 0.15) is 0 Å². The van der Waals surface area contributed by atoms with Crippen molar-refractivity contribution >= 4 is 6.03 Å². The van der Waals surface area contributed by atoms with Gasteiger partial charge < -0.3 is 15.7 Å². The van der Waals surface area contributed by atoms with Gasteiger partial charge in [-0.25, -0.2) is 4.79 Å². The van der Waals surface area contributed by atoms with E-state index in [0.717, 1.165) is 25.7 Å². The molecule has 1 rings (SSSR count). The highest BCUT2D eigenvalue weighted by Crippen LogP contribution is 2.16. The molecule has 4 nitrogen and oxygen atoms in total. The molecule has 3 N–H and O–H groups in total. The molecule has 18 heavy (non-hydrogen) atoms. The minimum absolute atomic E-state index is 0.0500. The van der Waals surface area contributed by atoms with Crippen LogP contribution in [0.15, 0.2) is 0 Å². The summed E-state index contributed by atoms with van der Waals surface area (Å²) < 4.78 is 0. The first-order valence-corrected chi connectivity index (χ1v) is 7.40. The third-order valence-corrected chi connectivity index (χ3v) is 3.61. The van der Waals surface area contributed by atoms with E-state index in [9.17, 15) is 4.79 Å². The average molecular weight is 256 g/mol. The van der Waals surface area contributed by atoms with Gasteiger partial charge in [0.05, 0.1) is 0 Å². The van der Waals surface area contributed by atoms with Crippen molar-refractivity contribution in [2.24, 2.45) is 0 Å². The van der Waals surface area contributed by atoms with Crippen LogP contribution in [0, 0.1) is 0 Å². The maximum Gasteiger partial charge on any atom is 0.315 e. The summed E-state index contributed by atoms with van der Waals surface area (Å²) in [5.74, 6) is 0. The second kappa shape index (κ2) is 9.20. The average Bonchev–Trinajstić information content (AvgIpc) is 2.29. The third-order valence-electron chi connectivity index (χ3n) is 3.61. The van der Waals surface area contributed by atoms with Gasteiger partial charge in [0.2, 0.25) is 0 Å². The molecule has 4 heteroatoms. The first-order valence-electron chi connectivity index (χ1n) is 7.40. The van der Waals surface area contributed by atoms with Crippen LogP contribution in [0.2, 0.25) is 0 Å². The predicted molar refractivity (Wildman–Crippen MR) is 73.6 cm³/mol. The van der Waals surface area contributed by atoms with E-state index in [0.29, 0.717) is 6.04 Å². The number of nitrogens with one attached hydrogen (secondary N) is 2. The van der Waals surface area contributed by atoms with E-state index >= 15 is 0 Å². The van der Waals surface area contributed by atoms with Crippen LogP contribution in [0.5, 0.6) is 0 Å². The highest BCUT2D eigenvalue weighted by Gasteiger charge is 2.14. The van der Waals surface area contributed by atoms with Crippen molar-refractivity contribution in [3.8, 4) is 0 Å². The Morgan fingerprint density at radius 1 is 1.22 bits per heavy atom. The summed E-state index contributed by atoms with van der Waals surface area (Å²) in [6.07, 6.45) is 10.2. The molecule has 1 fully saturated rings. The van der Waals surface area contributed by atoms with Crippen LogP contribution in [0.4, 0.5) is 4.79 Å². The van der Waals surface area contributed by atoms with Crippen LogP contribution in [0.3, 0.4) is 0 Å². The summed E-state index contributed by atoms with van der Waals surface area (Å²) in [7, 11) is 0. The fraction of sp³-hybridized carbons (Fsp3) is 0.929. The van der Waals surface area contributed by atoms with Gasteiger partial charge in [-0.15, -0.1) is 0 Å². The Bertz CT molecular complexity index is 226. The van der Waals surface area contributed by atoms with E-state index in [4.69, 9.17) is 5.11 Å². The van der Waals surface area contributed by atoms with Gasteiger partial charge >= 0.3 is 6.03 Å². The van der Waals surface area contributed by atoms with E-state index in [-0.39, 0.29) is 18.7 Å². The molecule has 1 aliphatic rings. The molecule has 0 bridgehead atoms. The van der Waals surface area contributed by atoms with Crippen molar-refractivity contribution in [3.05, 3.63) is 0 Å². The lowest BCUT2D eigenvalue weighted by Gasteiger charge is -2.22. The smallest absolute Gasteiger partial charge is 0.315 e. The van der Waals surface area contributed by atoms with Crippen LogP contribution in [-0.4, -0.2) is 29.8 Å². The van der Waals surface area contributed by atoms with Gasteiger partial charge in [-0.05, 0) is 32.6 Å². The summed E-state index contributed by atoms with van der Waals surface area (Å²) in [5, 5.41) is 14.8. The number of carbonyl (C=O) groups is 1. The van der Waals surface area contributed by atoms with Crippen LogP contribution in [0.25, 0.3) is 0 Å². The van der Waals surface area contributed by atoms with Crippen molar-refractivity contribution in [2.45, 2.75) is 76.8 Å². The zero-order valence-corrected chi connectivity index (χ0v) is 11.6. The fourth-order valence-corrected chi connectivity index (χ4v) is 2.52. The first kappa shape index (κ1) is 15.3. The summed E-state index contributed by atoms with van der Waals surface area (Å²) >= 11 is 0. The Morgan fingerprint density at radius 2 is 1.83 bits per heavy atom. The van der Waals surface area contributed by atoms with E-state index in [2.05, 4.69) is 10.6 Å². The van der Waals surface area contributed by atoms with E-state index in [1.54, 1.807) is 0 Å². The highest BCUT2D eigenvalue weighted by atomic mass is 16.3. The lowest BCUT2D eigenvalue weighted by Crippen LogP contribution is -2.45. The Kier molecular flexibility index (Phi) is 7.81. The maximum atomic E-state index is 11.8. The second-order valence-electron chi connectivity index (χ2n) is 5.43. The van der Waals surface area contributed by atoms with E-state index in [1.165, 1.54) is 32.1 Å². The Labute approximate surface area is 111 Å². The number of hydrogen-bond acceptors (Lipinski definition) is 2. The third kappa shape index (κ3) is 6.84. The number of carbonyl (C=O) groups excluding carboxylic acids is 1. The van der Waals surface area contributed by atoms with Crippen LogP contribution < -0.4 is 10.6 Å². The summed E-state index contributed by atoms with van der Waals surface area (Å²) in [6.45, 7) is 2.17. The van der Waals surface area contributed by atoms with Crippen LogP contribution in [0.1, 0.15) is 64.7 Å². The van der Waals surface area contributed by atoms with Gasteiger partial charge in [0.25, 0.3) is 0 Å². The zero-order valence-electron chi connectivity index (χ0n) is 11.6. The lowest BCUT2D eigenvalue weighted by atomic mass is 9.97. The molecule has 0 saturated heterocycles. The highest BCUT2D eigenvalue weighted by molar-refractivity contribution is 5.74. The zero-order chi connectivity index (χ0) is 13.2. The molecule has 1 atom stereocenters. The van der Waals surface area contributed by atoms with Crippen molar-refractivity contribution in [1.82, 2.24) is 10.6 Å². The molecule has 1 aliphatic carbocycles. The lowest BCUT2D eigenvalue weighted by molar-refractivity contribution is 0.227. The summed E-state index contributed by atoms with van der Waals surface area (Å²) in [6, 6.07) is 0.423. The molecule has 0 spiro atoms. The number of aliphatic hydroxyl groups is 1. The molecular weight excluding hydrogens is 228 g/mol. The maximum absolute atomic E-state index is 11.8. The van der Waals surface area contributed by atoms with Crippen molar-refractivity contribution < 1.29 is 9.90 Å². The molecule has 2 amide bonds. The minimum atomic E-state index is -0.0500.